The van der Waals surface area contributed by atoms with Crippen molar-refractivity contribution in [1.29, 1.82) is 0 Å². The number of ether oxygens (including phenoxy) is 1. The first kappa shape index (κ1) is 13.0. The van der Waals surface area contributed by atoms with Gasteiger partial charge in [-0.1, -0.05) is 13.0 Å². The highest BCUT2D eigenvalue weighted by atomic mass is 32.1. The maximum atomic E-state index is 11.8. The summed E-state index contributed by atoms with van der Waals surface area (Å²) < 4.78 is 6.95. The molecule has 0 fully saturated rings. The van der Waals surface area contributed by atoms with E-state index in [0.29, 0.717) is 17.0 Å². The van der Waals surface area contributed by atoms with Crippen molar-refractivity contribution in [2.24, 2.45) is 0 Å². The topological polar surface area (TPSA) is 59.9 Å². The predicted octanol–water partition coefficient (Wildman–Crippen LogP) is 2.79. The summed E-state index contributed by atoms with van der Waals surface area (Å²) in [4.78, 5) is 12.8. The summed E-state index contributed by atoms with van der Waals surface area (Å²) in [5, 5.41) is 8.88. The average Bonchev–Trinajstić information content (AvgIpc) is 3.00. The molecule has 7 heteroatoms. The number of H-pyrrole nitrogens is 1. The lowest BCUT2D eigenvalue weighted by molar-refractivity contribution is -0.144. The molecular formula is C11H13N3O2S2. The molecule has 0 aromatic carbocycles. The van der Waals surface area contributed by atoms with E-state index in [9.17, 15) is 4.79 Å². The van der Waals surface area contributed by atoms with Gasteiger partial charge in [-0.2, -0.15) is 5.10 Å². The van der Waals surface area contributed by atoms with Crippen LogP contribution in [-0.2, 0) is 9.53 Å². The van der Waals surface area contributed by atoms with Gasteiger partial charge in [0.05, 0.1) is 12.0 Å². The first-order valence-electron chi connectivity index (χ1n) is 5.47. The highest BCUT2D eigenvalue weighted by Crippen LogP contribution is 2.27. The fourth-order valence-corrected chi connectivity index (χ4v) is 2.73. The maximum absolute atomic E-state index is 11.8. The lowest BCUT2D eigenvalue weighted by Crippen LogP contribution is -2.21. The number of carbonyl (C=O) groups is 1. The van der Waals surface area contributed by atoms with Gasteiger partial charge in [0.25, 0.3) is 0 Å². The fraction of sp³-hybridized carbons (Fsp3) is 0.364. The maximum Gasteiger partial charge on any atom is 0.328 e. The Labute approximate surface area is 113 Å². The zero-order valence-electron chi connectivity index (χ0n) is 10.0. The normalized spacial score (nSPS) is 12.3. The summed E-state index contributed by atoms with van der Waals surface area (Å²) in [6.07, 6.45) is 0.596. The second-order valence-corrected chi connectivity index (χ2v) is 4.98. The highest BCUT2D eigenvalue weighted by molar-refractivity contribution is 7.71. The van der Waals surface area contributed by atoms with Gasteiger partial charge >= 0.3 is 5.97 Å². The largest absolute Gasteiger partial charge is 0.467 e. The Morgan fingerprint density at radius 1 is 1.72 bits per heavy atom. The van der Waals surface area contributed by atoms with Crippen molar-refractivity contribution in [1.82, 2.24) is 14.8 Å². The molecule has 2 rings (SSSR count). The van der Waals surface area contributed by atoms with Crippen molar-refractivity contribution in [3.05, 3.63) is 22.3 Å². The molecule has 1 N–H and O–H groups in total. The number of methoxy groups -OCH3 is 1. The number of nitrogens with one attached hydrogen (secondary N) is 1. The van der Waals surface area contributed by atoms with Crippen molar-refractivity contribution in [3.63, 3.8) is 0 Å². The Bertz CT molecular complexity index is 586. The molecule has 0 aliphatic rings. The van der Waals surface area contributed by atoms with E-state index in [1.165, 1.54) is 7.11 Å². The Hall–Kier alpha value is -1.47. The van der Waals surface area contributed by atoms with E-state index in [-0.39, 0.29) is 5.97 Å². The molecule has 2 aromatic heterocycles. The third-order valence-electron chi connectivity index (χ3n) is 2.62. The zero-order chi connectivity index (χ0) is 13.1. The summed E-state index contributed by atoms with van der Waals surface area (Å²) in [6.45, 7) is 1.91. The van der Waals surface area contributed by atoms with Crippen LogP contribution < -0.4 is 0 Å². The number of thiophene rings is 1. The van der Waals surface area contributed by atoms with Crippen molar-refractivity contribution >= 4 is 29.5 Å². The van der Waals surface area contributed by atoms with Crippen molar-refractivity contribution in [3.8, 4) is 10.7 Å². The van der Waals surface area contributed by atoms with Crippen LogP contribution in [0.1, 0.15) is 19.4 Å². The molecule has 0 radical (unpaired) electrons. The molecule has 5 nitrogen and oxygen atoms in total. The van der Waals surface area contributed by atoms with Crippen LogP contribution in [0.3, 0.4) is 0 Å². The molecule has 1 atom stereocenters. The first-order chi connectivity index (χ1) is 8.69. The van der Waals surface area contributed by atoms with Gasteiger partial charge in [-0.05, 0) is 30.1 Å². The molecule has 0 aliphatic carbocycles. The van der Waals surface area contributed by atoms with Crippen LogP contribution in [0.25, 0.3) is 10.7 Å². The van der Waals surface area contributed by atoms with Crippen LogP contribution in [0.2, 0.25) is 0 Å². The first-order valence-corrected chi connectivity index (χ1v) is 6.76. The zero-order valence-corrected chi connectivity index (χ0v) is 11.7. The van der Waals surface area contributed by atoms with Gasteiger partial charge in [-0.3, -0.25) is 9.67 Å². The van der Waals surface area contributed by atoms with E-state index >= 15 is 0 Å². The molecule has 0 saturated carbocycles. The van der Waals surface area contributed by atoms with E-state index in [1.807, 2.05) is 24.4 Å². The van der Waals surface area contributed by atoms with E-state index in [0.717, 1.165) is 4.88 Å². The van der Waals surface area contributed by atoms with Gasteiger partial charge in [0.15, 0.2) is 10.6 Å². The number of hydrogen-bond acceptors (Lipinski definition) is 5. The summed E-state index contributed by atoms with van der Waals surface area (Å²) in [7, 11) is 1.37. The highest BCUT2D eigenvalue weighted by Gasteiger charge is 2.24. The van der Waals surface area contributed by atoms with Gasteiger partial charge in [0.1, 0.15) is 6.04 Å². The number of aromatic nitrogens is 3. The Morgan fingerprint density at radius 3 is 3.06 bits per heavy atom. The van der Waals surface area contributed by atoms with Gasteiger partial charge in [0, 0.05) is 0 Å². The molecule has 1 unspecified atom stereocenters. The van der Waals surface area contributed by atoms with Crippen molar-refractivity contribution in [2.45, 2.75) is 19.4 Å². The van der Waals surface area contributed by atoms with Gasteiger partial charge < -0.3 is 4.74 Å². The minimum absolute atomic E-state index is 0.312. The average molecular weight is 283 g/mol. The second-order valence-electron chi connectivity index (χ2n) is 3.65. The molecule has 0 bridgehead atoms. The molecule has 2 aromatic rings. The number of aromatic amines is 1. The Balaban J connectivity index is 2.53. The molecule has 0 amide bonds. The third-order valence-corrected chi connectivity index (χ3v) is 3.77. The van der Waals surface area contributed by atoms with E-state index in [1.54, 1.807) is 15.9 Å². The molecule has 18 heavy (non-hydrogen) atoms. The van der Waals surface area contributed by atoms with E-state index in [4.69, 9.17) is 17.0 Å². The van der Waals surface area contributed by atoms with E-state index in [2.05, 4.69) is 10.2 Å². The van der Waals surface area contributed by atoms with Crippen LogP contribution in [0.15, 0.2) is 17.5 Å². The molecule has 0 aliphatic heterocycles. The smallest absolute Gasteiger partial charge is 0.328 e. The van der Waals surface area contributed by atoms with Crippen LogP contribution in [-0.4, -0.2) is 27.8 Å². The molecule has 96 valence electrons. The Kier molecular flexibility index (Phi) is 3.93. The minimum Gasteiger partial charge on any atom is -0.467 e. The molecule has 0 spiro atoms. The quantitative estimate of drug-likeness (QED) is 0.692. The van der Waals surface area contributed by atoms with Crippen molar-refractivity contribution in [2.75, 3.05) is 7.11 Å². The molecule has 2 heterocycles. The minimum atomic E-state index is -0.446. The van der Waals surface area contributed by atoms with Crippen molar-refractivity contribution < 1.29 is 9.53 Å². The predicted molar refractivity (Wildman–Crippen MR) is 72.1 cm³/mol. The fourth-order valence-electron chi connectivity index (χ4n) is 1.76. The SMILES string of the molecule is CCC(C(=O)OC)n1c(-c2cccs2)n[nH]c1=S. The Morgan fingerprint density at radius 2 is 2.50 bits per heavy atom. The van der Waals surface area contributed by atoms with Crippen LogP contribution in [0.4, 0.5) is 0 Å². The lowest BCUT2D eigenvalue weighted by Gasteiger charge is -2.15. The summed E-state index contributed by atoms with van der Waals surface area (Å²) in [6, 6.07) is 3.43. The van der Waals surface area contributed by atoms with Crippen LogP contribution in [0, 0.1) is 4.77 Å². The standard InChI is InChI=1S/C11H13N3O2S2/c1-3-7(10(15)16-2)14-9(12-13-11(14)17)8-5-4-6-18-8/h4-7H,3H2,1-2H3,(H,13,17). The van der Waals surface area contributed by atoms with Crippen LogP contribution in [0.5, 0.6) is 0 Å². The summed E-state index contributed by atoms with van der Waals surface area (Å²) >= 11 is 6.75. The number of hydrogen-bond donors (Lipinski definition) is 1. The number of rotatable bonds is 4. The van der Waals surface area contributed by atoms with Gasteiger partial charge in [-0.25, -0.2) is 4.79 Å². The number of carbonyl (C=O) groups excluding carboxylic acids is 1. The molecular weight excluding hydrogens is 270 g/mol. The van der Waals surface area contributed by atoms with Crippen LogP contribution >= 0.6 is 23.6 Å². The van der Waals surface area contributed by atoms with Gasteiger partial charge in [-0.15, -0.1) is 11.3 Å². The molecule has 0 saturated heterocycles. The van der Waals surface area contributed by atoms with Gasteiger partial charge in [0.2, 0.25) is 0 Å². The number of esters is 1. The summed E-state index contributed by atoms with van der Waals surface area (Å²) in [5.74, 6) is 0.361. The second kappa shape index (κ2) is 5.45. The number of nitrogens with zero attached hydrogens (tertiary/aromatic N) is 2. The third kappa shape index (κ3) is 2.23. The monoisotopic (exact) mass is 283 g/mol. The summed E-state index contributed by atoms with van der Waals surface area (Å²) in [5.41, 5.74) is 0. The lowest BCUT2D eigenvalue weighted by atomic mass is 10.2. The van der Waals surface area contributed by atoms with E-state index < -0.39 is 6.04 Å².